The lowest BCUT2D eigenvalue weighted by Gasteiger charge is -2.34. The Kier molecular flexibility index (Phi) is 11.8. The van der Waals surface area contributed by atoms with Crippen LogP contribution in [0.1, 0.15) is 37.0 Å². The number of hydrogen-bond acceptors (Lipinski definition) is 5. The van der Waals surface area contributed by atoms with Crippen LogP contribution in [0, 0.1) is 6.92 Å². The van der Waals surface area contributed by atoms with Gasteiger partial charge in [-0.15, -0.1) is 0 Å². The van der Waals surface area contributed by atoms with E-state index in [1.807, 2.05) is 81.4 Å². The third-order valence-corrected chi connectivity index (χ3v) is 9.11. The van der Waals surface area contributed by atoms with Gasteiger partial charge in [0.05, 0.1) is 17.2 Å². The Morgan fingerprint density at radius 3 is 2.02 bits per heavy atom. The first-order chi connectivity index (χ1) is 21.7. The Balaban J connectivity index is 1.82. The number of sulfonamides is 1. The summed E-state index contributed by atoms with van der Waals surface area (Å²) in [4.78, 5) is 29.8. The first-order valence-corrected chi connectivity index (χ1v) is 16.6. The summed E-state index contributed by atoms with van der Waals surface area (Å²) in [5, 5.41) is 2.96. The van der Waals surface area contributed by atoms with E-state index in [1.54, 1.807) is 36.4 Å². The van der Waals surface area contributed by atoms with E-state index < -0.39 is 28.5 Å². The van der Waals surface area contributed by atoms with Gasteiger partial charge in [0.1, 0.15) is 18.3 Å². The monoisotopic (exact) mass is 627 g/mol. The molecule has 236 valence electrons. The van der Waals surface area contributed by atoms with Gasteiger partial charge in [0.2, 0.25) is 11.8 Å². The summed E-state index contributed by atoms with van der Waals surface area (Å²) >= 11 is 0. The molecule has 1 atom stereocenters. The third-order valence-electron chi connectivity index (χ3n) is 7.34. The third kappa shape index (κ3) is 8.73. The van der Waals surface area contributed by atoms with Crippen molar-refractivity contribution in [1.29, 1.82) is 0 Å². The highest BCUT2D eigenvalue weighted by molar-refractivity contribution is 7.92. The van der Waals surface area contributed by atoms with Crippen molar-refractivity contribution in [3.63, 3.8) is 0 Å². The predicted molar refractivity (Wildman–Crippen MR) is 178 cm³/mol. The SMILES string of the molecule is CCCNC(=O)C(Cc1ccccc1)N(Cc1ccccc1)C(=O)CN(c1ccccc1OCC)S(=O)(=O)c1ccc(C)cc1. The van der Waals surface area contributed by atoms with Gasteiger partial charge < -0.3 is 15.0 Å². The van der Waals surface area contributed by atoms with Crippen molar-refractivity contribution in [3.8, 4) is 5.75 Å². The van der Waals surface area contributed by atoms with Crippen molar-refractivity contribution in [1.82, 2.24) is 10.2 Å². The fourth-order valence-electron chi connectivity index (χ4n) is 4.99. The van der Waals surface area contributed by atoms with Crippen molar-refractivity contribution >= 4 is 27.5 Å². The van der Waals surface area contributed by atoms with E-state index >= 15 is 0 Å². The molecule has 0 aliphatic heterocycles. The average molecular weight is 628 g/mol. The first kappa shape index (κ1) is 33.3. The number of nitrogens with zero attached hydrogens (tertiary/aromatic N) is 2. The van der Waals surface area contributed by atoms with Crippen LogP contribution < -0.4 is 14.4 Å². The fraction of sp³-hybridized carbons (Fsp3) is 0.278. The lowest BCUT2D eigenvalue weighted by molar-refractivity contribution is -0.140. The number of anilines is 1. The van der Waals surface area contributed by atoms with Gasteiger partial charge in [-0.05, 0) is 55.7 Å². The molecule has 0 bridgehead atoms. The Labute approximate surface area is 266 Å². The van der Waals surface area contributed by atoms with E-state index in [-0.39, 0.29) is 29.5 Å². The van der Waals surface area contributed by atoms with Crippen LogP contribution in [0.5, 0.6) is 5.75 Å². The van der Waals surface area contributed by atoms with Gasteiger partial charge in [0, 0.05) is 19.5 Å². The number of rotatable bonds is 15. The minimum Gasteiger partial charge on any atom is -0.492 e. The van der Waals surface area contributed by atoms with Crippen molar-refractivity contribution < 1.29 is 22.7 Å². The first-order valence-electron chi connectivity index (χ1n) is 15.2. The van der Waals surface area contributed by atoms with Crippen molar-refractivity contribution in [3.05, 3.63) is 126 Å². The average Bonchev–Trinajstić information content (AvgIpc) is 3.05. The zero-order valence-corrected chi connectivity index (χ0v) is 26.9. The normalized spacial score (nSPS) is 11.8. The molecule has 0 aromatic heterocycles. The maximum absolute atomic E-state index is 14.5. The topological polar surface area (TPSA) is 96.0 Å². The summed E-state index contributed by atoms with van der Waals surface area (Å²) in [5.41, 5.74) is 2.84. The van der Waals surface area contributed by atoms with Gasteiger partial charge in [-0.1, -0.05) is 97.4 Å². The highest BCUT2D eigenvalue weighted by atomic mass is 32.2. The van der Waals surface area contributed by atoms with Gasteiger partial charge in [-0.25, -0.2) is 8.42 Å². The van der Waals surface area contributed by atoms with Gasteiger partial charge in [-0.2, -0.15) is 0 Å². The summed E-state index contributed by atoms with van der Waals surface area (Å²) < 4.78 is 35.5. The van der Waals surface area contributed by atoms with Crippen molar-refractivity contribution in [2.75, 3.05) is 24.0 Å². The second-order valence-electron chi connectivity index (χ2n) is 10.7. The molecule has 9 heteroatoms. The summed E-state index contributed by atoms with van der Waals surface area (Å²) in [6.45, 7) is 5.98. The summed E-state index contributed by atoms with van der Waals surface area (Å²) in [7, 11) is -4.23. The number of amides is 2. The molecule has 2 amide bonds. The van der Waals surface area contributed by atoms with Crippen LogP contribution in [0.2, 0.25) is 0 Å². The smallest absolute Gasteiger partial charge is 0.264 e. The van der Waals surface area contributed by atoms with Gasteiger partial charge in [0.15, 0.2) is 0 Å². The molecule has 0 fully saturated rings. The highest BCUT2D eigenvalue weighted by Crippen LogP contribution is 2.33. The number of carbonyl (C=O) groups is 2. The predicted octanol–water partition coefficient (Wildman–Crippen LogP) is 5.76. The van der Waals surface area contributed by atoms with E-state index in [1.165, 1.54) is 17.0 Å². The molecule has 8 nitrogen and oxygen atoms in total. The summed E-state index contributed by atoms with van der Waals surface area (Å²) in [6, 6.07) is 31.3. The number of ether oxygens (including phenoxy) is 1. The fourth-order valence-corrected chi connectivity index (χ4v) is 6.42. The molecule has 4 aromatic carbocycles. The number of nitrogens with one attached hydrogen (secondary N) is 1. The quantitative estimate of drug-likeness (QED) is 0.181. The highest BCUT2D eigenvalue weighted by Gasteiger charge is 2.35. The Morgan fingerprint density at radius 2 is 1.40 bits per heavy atom. The van der Waals surface area contributed by atoms with Crippen LogP contribution in [0.15, 0.2) is 114 Å². The van der Waals surface area contributed by atoms with E-state index in [2.05, 4.69) is 5.32 Å². The largest absolute Gasteiger partial charge is 0.492 e. The molecule has 0 saturated heterocycles. The van der Waals surface area contributed by atoms with Crippen molar-refractivity contribution in [2.45, 2.75) is 51.1 Å². The molecule has 0 saturated carbocycles. The number of aryl methyl sites for hydroxylation is 1. The molecule has 0 spiro atoms. The molecule has 0 aliphatic carbocycles. The van der Waals surface area contributed by atoms with Gasteiger partial charge >= 0.3 is 0 Å². The van der Waals surface area contributed by atoms with Crippen LogP contribution in [0.25, 0.3) is 0 Å². The maximum Gasteiger partial charge on any atom is 0.264 e. The number of carbonyl (C=O) groups excluding carboxylic acids is 2. The minimum absolute atomic E-state index is 0.0448. The van der Waals surface area contributed by atoms with Crippen LogP contribution in [0.3, 0.4) is 0 Å². The molecular formula is C36H41N3O5S. The zero-order valence-electron chi connectivity index (χ0n) is 26.1. The molecule has 0 heterocycles. The summed E-state index contributed by atoms with van der Waals surface area (Å²) in [6.07, 6.45) is 0.989. The second kappa shape index (κ2) is 15.9. The number of hydrogen-bond donors (Lipinski definition) is 1. The Hall–Kier alpha value is -4.63. The molecule has 1 N–H and O–H groups in total. The van der Waals surface area contributed by atoms with Crippen LogP contribution >= 0.6 is 0 Å². The van der Waals surface area contributed by atoms with E-state index in [4.69, 9.17) is 4.74 Å². The molecular weight excluding hydrogens is 586 g/mol. The summed E-state index contributed by atoms with van der Waals surface area (Å²) in [5.74, 6) is -0.485. The zero-order chi connectivity index (χ0) is 32.2. The molecule has 45 heavy (non-hydrogen) atoms. The van der Waals surface area contributed by atoms with Gasteiger partial charge in [0.25, 0.3) is 10.0 Å². The minimum atomic E-state index is -4.23. The van der Waals surface area contributed by atoms with Crippen LogP contribution in [-0.4, -0.2) is 50.9 Å². The van der Waals surface area contributed by atoms with E-state index in [9.17, 15) is 18.0 Å². The Bertz CT molecular complexity index is 1650. The lowest BCUT2D eigenvalue weighted by Crippen LogP contribution is -2.53. The van der Waals surface area contributed by atoms with Crippen LogP contribution in [0.4, 0.5) is 5.69 Å². The molecule has 0 aliphatic rings. The Morgan fingerprint density at radius 1 is 0.800 bits per heavy atom. The van der Waals surface area contributed by atoms with Crippen molar-refractivity contribution in [2.24, 2.45) is 0 Å². The number of para-hydroxylation sites is 2. The molecule has 4 aromatic rings. The van der Waals surface area contributed by atoms with Gasteiger partial charge in [-0.3, -0.25) is 13.9 Å². The van der Waals surface area contributed by atoms with E-state index in [0.717, 1.165) is 27.4 Å². The number of benzene rings is 4. The van der Waals surface area contributed by atoms with Crippen LogP contribution in [-0.2, 0) is 32.6 Å². The second-order valence-corrected chi connectivity index (χ2v) is 12.6. The molecule has 4 rings (SSSR count). The standard InChI is InChI=1S/C36H41N3O5S/c1-4-24-37-36(41)33(25-29-14-8-6-9-15-29)38(26-30-16-10-7-11-17-30)35(40)27-39(32-18-12-13-19-34(32)44-5-2)45(42,43)31-22-20-28(3)21-23-31/h6-23,33H,4-5,24-27H2,1-3H3,(H,37,41). The molecule has 1 unspecified atom stereocenters. The van der Waals surface area contributed by atoms with E-state index in [0.29, 0.717) is 18.9 Å². The lowest BCUT2D eigenvalue weighted by atomic mass is 10.0. The molecule has 0 radical (unpaired) electrons. The maximum atomic E-state index is 14.5.